The fourth-order valence-electron chi connectivity index (χ4n) is 3.35. The van der Waals surface area contributed by atoms with Crippen molar-refractivity contribution in [1.82, 2.24) is 0 Å². The van der Waals surface area contributed by atoms with Gasteiger partial charge in [-0.15, -0.1) is 0 Å². The first-order chi connectivity index (χ1) is 12.9. The minimum atomic E-state index is -0.934. The monoisotopic (exact) mass is 365 g/mol. The van der Waals surface area contributed by atoms with Crippen molar-refractivity contribution in [3.63, 3.8) is 0 Å². The number of carboxylic acids is 1. The van der Waals surface area contributed by atoms with E-state index in [1.54, 1.807) is 24.3 Å². The number of carbonyl (C=O) groups excluding carboxylic acids is 1. The molecular weight excluding hydrogens is 342 g/mol. The van der Waals surface area contributed by atoms with Crippen molar-refractivity contribution in [2.24, 2.45) is 11.8 Å². The van der Waals surface area contributed by atoms with Gasteiger partial charge in [-0.3, -0.25) is 9.59 Å². The number of hydrogen-bond acceptors (Lipinski definition) is 3. The zero-order valence-electron chi connectivity index (χ0n) is 15.4. The van der Waals surface area contributed by atoms with Crippen LogP contribution in [-0.4, -0.2) is 17.0 Å². The number of benzene rings is 2. The predicted octanol–water partition coefficient (Wildman–Crippen LogP) is 4.70. The Hall–Kier alpha value is -3.08. The van der Waals surface area contributed by atoms with Gasteiger partial charge >= 0.3 is 5.97 Å². The van der Waals surface area contributed by atoms with E-state index in [9.17, 15) is 14.7 Å². The maximum atomic E-state index is 12.5. The van der Waals surface area contributed by atoms with Crippen molar-refractivity contribution in [3.05, 3.63) is 65.7 Å². The maximum absolute atomic E-state index is 12.5. The molecule has 3 rings (SSSR count). The summed E-state index contributed by atoms with van der Waals surface area (Å²) >= 11 is 0. The SMILES string of the molecule is Cc1cc(C)cc(Oc2ccc(NC(=O)[C@@H]3CC=CC[C@@H]3C(=O)O)cc2)c1. The molecule has 1 aliphatic carbocycles. The standard InChI is InChI=1S/C22H23NO4/c1-14-11-15(2)13-18(12-14)27-17-9-7-16(8-10-17)23-21(24)19-5-3-4-6-20(19)22(25)26/h3-4,7-13,19-20H,5-6H2,1-2H3,(H,23,24)(H,25,26)/t19-,20+/m1/s1. The normalized spacial score (nSPS) is 18.7. The van der Waals surface area contributed by atoms with E-state index in [-0.39, 0.29) is 5.91 Å². The van der Waals surface area contributed by atoms with Gasteiger partial charge in [0.15, 0.2) is 0 Å². The van der Waals surface area contributed by atoms with Gasteiger partial charge in [0.25, 0.3) is 0 Å². The highest BCUT2D eigenvalue weighted by Crippen LogP contribution is 2.28. The molecule has 2 N–H and O–H groups in total. The Balaban J connectivity index is 1.65. The molecule has 2 atom stereocenters. The molecule has 0 bridgehead atoms. The molecule has 0 saturated heterocycles. The van der Waals surface area contributed by atoms with E-state index in [0.717, 1.165) is 16.9 Å². The van der Waals surface area contributed by atoms with Gasteiger partial charge in [-0.1, -0.05) is 18.2 Å². The third-order valence-electron chi connectivity index (χ3n) is 4.64. The van der Waals surface area contributed by atoms with Gasteiger partial charge in [0.05, 0.1) is 11.8 Å². The smallest absolute Gasteiger partial charge is 0.307 e. The number of rotatable bonds is 5. The zero-order chi connectivity index (χ0) is 19.4. The number of amides is 1. The zero-order valence-corrected chi connectivity index (χ0v) is 15.4. The summed E-state index contributed by atoms with van der Waals surface area (Å²) < 4.78 is 5.87. The maximum Gasteiger partial charge on any atom is 0.307 e. The number of carbonyl (C=O) groups is 2. The Morgan fingerprint density at radius 1 is 0.926 bits per heavy atom. The molecule has 1 aliphatic rings. The average Bonchev–Trinajstić information content (AvgIpc) is 2.62. The molecule has 0 aromatic heterocycles. The first-order valence-electron chi connectivity index (χ1n) is 8.97. The Bertz CT molecular complexity index is 850. The summed E-state index contributed by atoms with van der Waals surface area (Å²) in [6.45, 7) is 4.03. The lowest BCUT2D eigenvalue weighted by Gasteiger charge is -2.24. The second kappa shape index (κ2) is 8.08. The van der Waals surface area contributed by atoms with E-state index in [2.05, 4.69) is 11.4 Å². The summed E-state index contributed by atoms with van der Waals surface area (Å²) in [7, 11) is 0. The Morgan fingerprint density at radius 2 is 1.52 bits per heavy atom. The molecule has 1 amide bonds. The van der Waals surface area contributed by atoms with Crippen LogP contribution >= 0.6 is 0 Å². The summed E-state index contributed by atoms with van der Waals surface area (Å²) in [5, 5.41) is 12.1. The van der Waals surface area contributed by atoms with Crippen LogP contribution in [0.1, 0.15) is 24.0 Å². The summed E-state index contributed by atoms with van der Waals surface area (Å²) in [6.07, 6.45) is 4.51. The lowest BCUT2D eigenvalue weighted by atomic mass is 9.82. The first-order valence-corrected chi connectivity index (χ1v) is 8.97. The molecule has 2 aromatic carbocycles. The van der Waals surface area contributed by atoms with E-state index in [1.807, 2.05) is 38.1 Å². The molecule has 27 heavy (non-hydrogen) atoms. The van der Waals surface area contributed by atoms with Crippen LogP contribution in [0.15, 0.2) is 54.6 Å². The van der Waals surface area contributed by atoms with Crippen molar-refractivity contribution >= 4 is 17.6 Å². The number of nitrogens with one attached hydrogen (secondary N) is 1. The van der Waals surface area contributed by atoms with Crippen molar-refractivity contribution in [2.75, 3.05) is 5.32 Å². The minimum absolute atomic E-state index is 0.269. The van der Waals surface area contributed by atoms with E-state index in [0.29, 0.717) is 24.3 Å². The number of aliphatic carboxylic acids is 1. The van der Waals surface area contributed by atoms with E-state index < -0.39 is 17.8 Å². The van der Waals surface area contributed by atoms with Crippen LogP contribution in [0, 0.1) is 25.7 Å². The molecule has 0 saturated carbocycles. The number of anilines is 1. The van der Waals surface area contributed by atoms with Crippen molar-refractivity contribution in [1.29, 1.82) is 0 Å². The van der Waals surface area contributed by atoms with Gasteiger partial charge in [0, 0.05) is 5.69 Å². The molecule has 0 fully saturated rings. The van der Waals surface area contributed by atoms with E-state index in [1.165, 1.54) is 0 Å². The highest BCUT2D eigenvalue weighted by molar-refractivity contribution is 5.95. The van der Waals surface area contributed by atoms with Gasteiger partial charge in [0.2, 0.25) is 5.91 Å². The van der Waals surface area contributed by atoms with Gasteiger partial charge in [0.1, 0.15) is 11.5 Å². The molecule has 0 radical (unpaired) electrons. The third kappa shape index (κ3) is 4.76. The summed E-state index contributed by atoms with van der Waals surface area (Å²) in [6, 6.07) is 13.1. The first kappa shape index (κ1) is 18.7. The van der Waals surface area contributed by atoms with Crippen molar-refractivity contribution in [3.8, 4) is 11.5 Å². The summed E-state index contributed by atoms with van der Waals surface area (Å²) in [5.41, 5.74) is 2.87. The highest BCUT2D eigenvalue weighted by Gasteiger charge is 2.33. The molecule has 5 heteroatoms. The second-order valence-corrected chi connectivity index (χ2v) is 6.93. The molecule has 5 nitrogen and oxygen atoms in total. The van der Waals surface area contributed by atoms with Gasteiger partial charge in [-0.05, 0) is 74.2 Å². The van der Waals surface area contributed by atoms with Gasteiger partial charge < -0.3 is 15.2 Å². The summed E-state index contributed by atoms with van der Waals surface area (Å²) in [4.78, 5) is 23.9. The number of allylic oxidation sites excluding steroid dienone is 2. The van der Waals surface area contributed by atoms with E-state index >= 15 is 0 Å². The lowest BCUT2D eigenvalue weighted by molar-refractivity contribution is -0.146. The Morgan fingerprint density at radius 3 is 2.11 bits per heavy atom. The molecule has 0 aliphatic heterocycles. The molecular formula is C22H23NO4. The van der Waals surface area contributed by atoms with Crippen LogP contribution in [-0.2, 0) is 9.59 Å². The van der Waals surface area contributed by atoms with Gasteiger partial charge in [-0.2, -0.15) is 0 Å². The van der Waals surface area contributed by atoms with Crippen molar-refractivity contribution < 1.29 is 19.4 Å². The number of hydrogen-bond donors (Lipinski definition) is 2. The number of aryl methyl sites for hydroxylation is 2. The van der Waals surface area contributed by atoms with E-state index in [4.69, 9.17) is 4.74 Å². The van der Waals surface area contributed by atoms with Crippen LogP contribution in [0.5, 0.6) is 11.5 Å². The number of ether oxygens (including phenoxy) is 1. The molecule has 140 valence electrons. The van der Waals surface area contributed by atoms with Crippen LogP contribution in [0.4, 0.5) is 5.69 Å². The Kier molecular flexibility index (Phi) is 5.60. The van der Waals surface area contributed by atoms with Crippen LogP contribution < -0.4 is 10.1 Å². The number of carboxylic acid groups (broad SMARTS) is 1. The third-order valence-corrected chi connectivity index (χ3v) is 4.64. The summed E-state index contributed by atoms with van der Waals surface area (Å²) in [5.74, 6) is -1.00. The Labute approximate surface area is 158 Å². The molecule has 2 aromatic rings. The topological polar surface area (TPSA) is 75.6 Å². The second-order valence-electron chi connectivity index (χ2n) is 6.93. The predicted molar refractivity (Wildman–Crippen MR) is 104 cm³/mol. The molecule has 0 heterocycles. The van der Waals surface area contributed by atoms with Crippen LogP contribution in [0.3, 0.4) is 0 Å². The fourth-order valence-corrected chi connectivity index (χ4v) is 3.35. The minimum Gasteiger partial charge on any atom is -0.481 e. The molecule has 0 unspecified atom stereocenters. The molecule has 0 spiro atoms. The van der Waals surface area contributed by atoms with Crippen LogP contribution in [0.25, 0.3) is 0 Å². The van der Waals surface area contributed by atoms with Crippen LogP contribution in [0.2, 0.25) is 0 Å². The fraction of sp³-hybridized carbons (Fsp3) is 0.273. The van der Waals surface area contributed by atoms with Gasteiger partial charge in [-0.25, -0.2) is 0 Å². The highest BCUT2D eigenvalue weighted by atomic mass is 16.5. The lowest BCUT2D eigenvalue weighted by Crippen LogP contribution is -2.34. The largest absolute Gasteiger partial charge is 0.481 e. The quantitative estimate of drug-likeness (QED) is 0.753. The van der Waals surface area contributed by atoms with Crippen molar-refractivity contribution in [2.45, 2.75) is 26.7 Å². The average molecular weight is 365 g/mol.